The van der Waals surface area contributed by atoms with Gasteiger partial charge in [-0.2, -0.15) is 0 Å². The Morgan fingerprint density at radius 1 is 0.967 bits per heavy atom. The molecule has 0 atom stereocenters. The lowest BCUT2D eigenvalue weighted by atomic mass is 9.83. The van der Waals surface area contributed by atoms with E-state index in [0.29, 0.717) is 0 Å². The molecule has 8 nitrogen and oxygen atoms in total. The van der Waals surface area contributed by atoms with Crippen molar-refractivity contribution in [3.8, 4) is 0 Å². The van der Waals surface area contributed by atoms with Crippen LogP contribution in [0.2, 0.25) is 5.02 Å². The molecule has 1 aliphatic carbocycles. The van der Waals surface area contributed by atoms with E-state index in [1.165, 1.54) is 18.2 Å². The van der Waals surface area contributed by atoms with Crippen LogP contribution in [0.1, 0.15) is 56.0 Å². The number of rotatable bonds is 4. The van der Waals surface area contributed by atoms with Gasteiger partial charge in [-0.3, -0.25) is 19.7 Å². The SMILES string of the molecule is CC(C)NC(=O)NC(=O)COC(=O)c1ccc2c(c1Cl)C(=O)c1ccccc1C2=O. The monoisotopic (exact) mass is 428 g/mol. The van der Waals surface area contributed by atoms with E-state index in [9.17, 15) is 24.0 Å². The van der Waals surface area contributed by atoms with Crippen molar-refractivity contribution < 1.29 is 28.7 Å². The number of benzene rings is 2. The summed E-state index contributed by atoms with van der Waals surface area (Å²) in [5.41, 5.74) is 0.282. The molecule has 30 heavy (non-hydrogen) atoms. The highest BCUT2D eigenvalue weighted by Crippen LogP contribution is 2.34. The van der Waals surface area contributed by atoms with E-state index in [0.717, 1.165) is 0 Å². The minimum absolute atomic E-state index is 0.0864. The largest absolute Gasteiger partial charge is 0.452 e. The lowest BCUT2D eigenvalue weighted by Crippen LogP contribution is -2.44. The molecular formula is C21H17ClN2O6. The molecule has 0 radical (unpaired) electrons. The molecule has 0 saturated carbocycles. The Hall–Kier alpha value is -3.52. The highest BCUT2D eigenvalue weighted by atomic mass is 35.5. The van der Waals surface area contributed by atoms with Gasteiger partial charge in [0.05, 0.1) is 16.1 Å². The van der Waals surface area contributed by atoms with Gasteiger partial charge >= 0.3 is 12.0 Å². The summed E-state index contributed by atoms with van der Waals surface area (Å²) in [6, 6.07) is 8.00. The first-order chi connectivity index (χ1) is 14.2. The second-order valence-corrected chi connectivity index (χ2v) is 7.18. The van der Waals surface area contributed by atoms with Crippen LogP contribution in [0.5, 0.6) is 0 Å². The highest BCUT2D eigenvalue weighted by molar-refractivity contribution is 6.41. The van der Waals surface area contributed by atoms with Crippen molar-refractivity contribution in [3.63, 3.8) is 0 Å². The van der Waals surface area contributed by atoms with E-state index < -0.39 is 30.3 Å². The quantitative estimate of drug-likeness (QED) is 0.616. The van der Waals surface area contributed by atoms with E-state index in [2.05, 4.69) is 5.32 Å². The van der Waals surface area contributed by atoms with Crippen molar-refractivity contribution in [1.29, 1.82) is 0 Å². The topological polar surface area (TPSA) is 119 Å². The maximum atomic E-state index is 12.8. The van der Waals surface area contributed by atoms with Crippen LogP contribution in [0.3, 0.4) is 0 Å². The molecule has 2 aromatic carbocycles. The Morgan fingerprint density at radius 2 is 1.60 bits per heavy atom. The summed E-state index contributed by atoms with van der Waals surface area (Å²) in [6.07, 6.45) is 0. The molecule has 2 aromatic rings. The zero-order chi connectivity index (χ0) is 22.0. The number of hydrogen-bond donors (Lipinski definition) is 2. The van der Waals surface area contributed by atoms with Crippen LogP contribution in [-0.2, 0) is 9.53 Å². The van der Waals surface area contributed by atoms with Crippen LogP contribution >= 0.6 is 11.6 Å². The number of imide groups is 1. The summed E-state index contributed by atoms with van der Waals surface area (Å²) >= 11 is 6.27. The molecule has 0 aliphatic heterocycles. The summed E-state index contributed by atoms with van der Waals surface area (Å²) in [7, 11) is 0. The number of carbonyl (C=O) groups is 5. The van der Waals surface area contributed by atoms with E-state index in [4.69, 9.17) is 16.3 Å². The van der Waals surface area contributed by atoms with Gasteiger partial charge in [-0.1, -0.05) is 35.9 Å². The third-order valence-corrected chi connectivity index (χ3v) is 4.65. The first kappa shape index (κ1) is 21.2. The molecule has 154 valence electrons. The van der Waals surface area contributed by atoms with Crippen molar-refractivity contribution in [2.75, 3.05) is 6.61 Å². The molecule has 0 unspecified atom stereocenters. The van der Waals surface area contributed by atoms with Crippen molar-refractivity contribution >= 4 is 41.1 Å². The summed E-state index contributed by atoms with van der Waals surface area (Å²) in [5.74, 6) is -2.67. The Balaban J connectivity index is 1.78. The number of amides is 3. The Kier molecular flexibility index (Phi) is 5.98. The molecule has 2 N–H and O–H groups in total. The zero-order valence-electron chi connectivity index (χ0n) is 16.1. The minimum Gasteiger partial charge on any atom is -0.452 e. The number of esters is 1. The molecule has 0 aromatic heterocycles. The summed E-state index contributed by atoms with van der Waals surface area (Å²) in [5, 5.41) is 4.23. The van der Waals surface area contributed by atoms with Gasteiger partial charge in [0.15, 0.2) is 18.2 Å². The molecule has 0 saturated heterocycles. The number of fused-ring (bicyclic) bond motifs is 2. The summed E-state index contributed by atoms with van der Waals surface area (Å²) < 4.78 is 4.89. The molecular weight excluding hydrogens is 412 g/mol. The Labute approximate surface area is 176 Å². The van der Waals surface area contributed by atoms with Crippen LogP contribution in [-0.4, -0.2) is 42.1 Å². The Bertz CT molecular complexity index is 1090. The van der Waals surface area contributed by atoms with Gasteiger partial charge in [-0.15, -0.1) is 0 Å². The van der Waals surface area contributed by atoms with E-state index >= 15 is 0 Å². The number of carbonyl (C=O) groups excluding carboxylic acids is 5. The normalized spacial score (nSPS) is 12.1. The number of ether oxygens (including phenoxy) is 1. The maximum absolute atomic E-state index is 12.8. The van der Waals surface area contributed by atoms with Gasteiger partial charge in [-0.05, 0) is 26.0 Å². The molecule has 1 aliphatic rings. The number of nitrogens with one attached hydrogen (secondary N) is 2. The smallest absolute Gasteiger partial charge is 0.340 e. The molecule has 9 heteroatoms. The average Bonchev–Trinajstić information content (AvgIpc) is 2.69. The van der Waals surface area contributed by atoms with Crippen LogP contribution < -0.4 is 10.6 Å². The third-order valence-electron chi connectivity index (χ3n) is 4.26. The fourth-order valence-corrected chi connectivity index (χ4v) is 3.30. The molecule has 0 spiro atoms. The summed E-state index contributed by atoms with van der Waals surface area (Å²) in [4.78, 5) is 61.1. The van der Waals surface area contributed by atoms with Gasteiger partial charge < -0.3 is 10.1 Å². The van der Waals surface area contributed by atoms with E-state index in [1.807, 2.05) is 5.32 Å². The number of ketones is 2. The van der Waals surface area contributed by atoms with Crippen LogP contribution in [0, 0.1) is 0 Å². The van der Waals surface area contributed by atoms with Crippen LogP contribution in [0.25, 0.3) is 0 Å². The van der Waals surface area contributed by atoms with Crippen molar-refractivity contribution in [2.24, 2.45) is 0 Å². The molecule has 0 bridgehead atoms. The standard InChI is InChI=1S/C21H17ClN2O6/c1-10(2)23-21(29)24-15(25)9-30-20(28)14-8-7-13-16(17(14)22)19(27)12-6-4-3-5-11(12)18(13)26/h3-8,10H,9H2,1-2H3,(H2,23,24,25,29). The molecule has 0 fully saturated rings. The molecule has 3 amide bonds. The molecule has 0 heterocycles. The minimum atomic E-state index is -0.971. The molecule has 3 rings (SSSR count). The average molecular weight is 429 g/mol. The fraction of sp³-hybridized carbons (Fsp3) is 0.190. The lowest BCUT2D eigenvalue weighted by molar-refractivity contribution is -0.123. The predicted octanol–water partition coefficient (Wildman–Crippen LogP) is 2.51. The van der Waals surface area contributed by atoms with Crippen LogP contribution in [0.4, 0.5) is 4.79 Å². The first-order valence-corrected chi connectivity index (χ1v) is 9.37. The van der Waals surface area contributed by atoms with Gasteiger partial charge in [0.1, 0.15) is 0 Å². The third kappa shape index (κ3) is 4.08. The lowest BCUT2D eigenvalue weighted by Gasteiger charge is -2.19. The second-order valence-electron chi connectivity index (χ2n) is 6.81. The van der Waals surface area contributed by atoms with Crippen molar-refractivity contribution in [2.45, 2.75) is 19.9 Å². The van der Waals surface area contributed by atoms with Crippen molar-refractivity contribution in [1.82, 2.24) is 10.6 Å². The number of halogens is 1. The zero-order valence-corrected chi connectivity index (χ0v) is 16.8. The van der Waals surface area contributed by atoms with E-state index in [1.54, 1.807) is 32.0 Å². The van der Waals surface area contributed by atoms with Gasteiger partial charge in [0.25, 0.3) is 5.91 Å². The van der Waals surface area contributed by atoms with Crippen molar-refractivity contribution in [3.05, 3.63) is 69.2 Å². The van der Waals surface area contributed by atoms with E-state index in [-0.39, 0.29) is 44.7 Å². The number of hydrogen-bond acceptors (Lipinski definition) is 6. The van der Waals surface area contributed by atoms with Gasteiger partial charge in [-0.25, -0.2) is 9.59 Å². The fourth-order valence-electron chi connectivity index (χ4n) is 2.97. The summed E-state index contributed by atoms with van der Waals surface area (Å²) in [6.45, 7) is 2.70. The maximum Gasteiger partial charge on any atom is 0.340 e. The van der Waals surface area contributed by atoms with Gasteiger partial charge in [0, 0.05) is 22.7 Å². The Morgan fingerprint density at radius 3 is 2.23 bits per heavy atom. The first-order valence-electron chi connectivity index (χ1n) is 8.99. The number of urea groups is 1. The van der Waals surface area contributed by atoms with Gasteiger partial charge in [0.2, 0.25) is 0 Å². The second kappa shape index (κ2) is 8.46. The highest BCUT2D eigenvalue weighted by Gasteiger charge is 2.33. The predicted molar refractivity (Wildman–Crippen MR) is 107 cm³/mol. The van der Waals surface area contributed by atoms with Crippen LogP contribution in [0.15, 0.2) is 36.4 Å².